The van der Waals surface area contributed by atoms with E-state index in [-0.39, 0.29) is 11.4 Å². The van der Waals surface area contributed by atoms with Crippen molar-refractivity contribution in [2.75, 3.05) is 0 Å². The number of aryl methyl sites for hydroxylation is 1. The fourth-order valence-corrected chi connectivity index (χ4v) is 3.91. The first kappa shape index (κ1) is 19.7. The highest BCUT2D eigenvalue weighted by atomic mass is 35.5. The molecule has 1 N–H and O–H groups in total. The number of hydrogen-bond donors (Lipinski definition) is 1. The summed E-state index contributed by atoms with van der Waals surface area (Å²) in [6, 6.07) is 17.7. The number of halogens is 1. The second kappa shape index (κ2) is 7.64. The molecule has 0 unspecified atom stereocenters. The highest BCUT2D eigenvalue weighted by Gasteiger charge is 2.38. The summed E-state index contributed by atoms with van der Waals surface area (Å²) in [5.41, 5.74) is 5.41. The number of pyridine rings is 1. The van der Waals surface area contributed by atoms with Gasteiger partial charge < -0.3 is 5.32 Å². The summed E-state index contributed by atoms with van der Waals surface area (Å²) < 4.78 is 0. The predicted molar refractivity (Wildman–Crippen MR) is 119 cm³/mol. The van der Waals surface area contributed by atoms with Crippen molar-refractivity contribution in [3.63, 3.8) is 0 Å². The van der Waals surface area contributed by atoms with E-state index in [1.807, 2.05) is 55.5 Å². The van der Waals surface area contributed by atoms with Crippen molar-refractivity contribution in [1.82, 2.24) is 10.3 Å². The molecule has 1 aliphatic carbocycles. The van der Waals surface area contributed by atoms with E-state index in [0.717, 1.165) is 27.9 Å². The van der Waals surface area contributed by atoms with Crippen molar-refractivity contribution < 1.29 is 4.79 Å². The number of benzene rings is 2. The van der Waals surface area contributed by atoms with Gasteiger partial charge in [0, 0.05) is 33.6 Å². The third-order valence-corrected chi connectivity index (χ3v) is 5.98. The van der Waals surface area contributed by atoms with E-state index in [4.69, 9.17) is 11.6 Å². The van der Waals surface area contributed by atoms with Gasteiger partial charge in [-0.2, -0.15) is 0 Å². The summed E-state index contributed by atoms with van der Waals surface area (Å²) in [5, 5.41) is 3.93. The van der Waals surface area contributed by atoms with Crippen LogP contribution in [0, 0.1) is 12.8 Å². The van der Waals surface area contributed by atoms with Gasteiger partial charge in [0.25, 0.3) is 5.91 Å². The summed E-state index contributed by atoms with van der Waals surface area (Å²) in [6.45, 7) is 6.20. The third-order valence-electron chi connectivity index (χ3n) is 5.72. The number of hydrogen-bond acceptors (Lipinski definition) is 2. The largest absolute Gasteiger partial charge is 0.347 e. The fraction of sp³-hybridized carbons (Fsp3) is 0.280. The molecule has 0 radical (unpaired) electrons. The predicted octanol–water partition coefficient (Wildman–Crippen LogP) is 6.30. The Morgan fingerprint density at radius 1 is 1.03 bits per heavy atom. The van der Waals surface area contributed by atoms with Crippen LogP contribution in [0.3, 0.4) is 0 Å². The van der Waals surface area contributed by atoms with Crippen LogP contribution < -0.4 is 5.32 Å². The Morgan fingerprint density at radius 3 is 2.38 bits per heavy atom. The lowest BCUT2D eigenvalue weighted by atomic mass is 9.94. The Kier molecular flexibility index (Phi) is 5.18. The number of carbonyl (C=O) groups excluding carboxylic acids is 1. The molecule has 2 aromatic carbocycles. The number of aromatic nitrogens is 1. The lowest BCUT2D eigenvalue weighted by molar-refractivity contribution is 0.0903. The first-order valence-electron chi connectivity index (χ1n) is 9.99. The summed E-state index contributed by atoms with van der Waals surface area (Å²) in [6.07, 6.45) is 4.14. The second-order valence-corrected chi connectivity index (χ2v) is 8.83. The molecule has 148 valence electrons. The van der Waals surface area contributed by atoms with Gasteiger partial charge in [-0.05, 0) is 92.6 Å². The van der Waals surface area contributed by atoms with Gasteiger partial charge in [-0.25, -0.2) is 0 Å². The molecule has 0 aliphatic heterocycles. The van der Waals surface area contributed by atoms with Crippen LogP contribution >= 0.6 is 11.6 Å². The van der Waals surface area contributed by atoms with Gasteiger partial charge in [-0.1, -0.05) is 29.8 Å². The lowest BCUT2D eigenvalue weighted by Gasteiger charge is -2.26. The number of nitrogens with zero attached hydrogens (tertiary/aromatic N) is 1. The second-order valence-electron chi connectivity index (χ2n) is 8.39. The van der Waals surface area contributed by atoms with E-state index in [1.54, 1.807) is 6.20 Å². The monoisotopic (exact) mass is 404 g/mol. The van der Waals surface area contributed by atoms with E-state index in [2.05, 4.69) is 30.2 Å². The Labute approximate surface area is 177 Å². The van der Waals surface area contributed by atoms with Gasteiger partial charge in [-0.3, -0.25) is 9.78 Å². The average Bonchev–Trinajstić information content (AvgIpc) is 3.54. The first-order valence-corrected chi connectivity index (χ1v) is 10.4. The first-order chi connectivity index (χ1) is 13.8. The van der Waals surface area contributed by atoms with Crippen molar-refractivity contribution in [2.24, 2.45) is 5.92 Å². The lowest BCUT2D eigenvalue weighted by Crippen LogP contribution is -2.45. The van der Waals surface area contributed by atoms with Crippen LogP contribution in [0.1, 0.15) is 42.7 Å². The summed E-state index contributed by atoms with van der Waals surface area (Å²) in [5.74, 6) is 0.520. The Morgan fingerprint density at radius 2 is 1.72 bits per heavy atom. The molecule has 1 fully saturated rings. The van der Waals surface area contributed by atoms with Gasteiger partial charge in [0.15, 0.2) is 0 Å². The van der Waals surface area contributed by atoms with Gasteiger partial charge in [0.2, 0.25) is 0 Å². The maximum Gasteiger partial charge on any atom is 0.251 e. The maximum absolute atomic E-state index is 13.2. The smallest absolute Gasteiger partial charge is 0.251 e. The average molecular weight is 405 g/mol. The van der Waals surface area contributed by atoms with E-state index >= 15 is 0 Å². The topological polar surface area (TPSA) is 42.0 Å². The van der Waals surface area contributed by atoms with Crippen LogP contribution in [-0.2, 0) is 0 Å². The quantitative estimate of drug-likeness (QED) is 0.542. The third kappa shape index (κ3) is 4.35. The molecular weight excluding hydrogens is 380 g/mol. The highest BCUT2D eigenvalue weighted by molar-refractivity contribution is 6.30. The molecule has 29 heavy (non-hydrogen) atoms. The zero-order valence-electron chi connectivity index (χ0n) is 17.0. The summed E-state index contributed by atoms with van der Waals surface area (Å²) in [4.78, 5) is 17.6. The van der Waals surface area contributed by atoms with Gasteiger partial charge >= 0.3 is 0 Å². The van der Waals surface area contributed by atoms with Gasteiger partial charge in [0.1, 0.15) is 0 Å². The molecule has 0 bridgehead atoms. The SMILES string of the molecule is Cc1ncccc1-c1cc(C(=O)NC(C)(C)C2CC2)cc(-c2ccc(Cl)cc2)c1. The molecule has 1 saturated carbocycles. The van der Waals surface area contributed by atoms with Crippen LogP contribution in [0.4, 0.5) is 0 Å². The fourth-order valence-electron chi connectivity index (χ4n) is 3.78. The van der Waals surface area contributed by atoms with Crippen LogP contribution in [0.25, 0.3) is 22.3 Å². The van der Waals surface area contributed by atoms with Crippen LogP contribution in [0.5, 0.6) is 0 Å². The van der Waals surface area contributed by atoms with Crippen molar-refractivity contribution in [3.8, 4) is 22.3 Å². The summed E-state index contributed by atoms with van der Waals surface area (Å²) in [7, 11) is 0. The minimum Gasteiger partial charge on any atom is -0.347 e. The van der Waals surface area contributed by atoms with Crippen LogP contribution in [-0.4, -0.2) is 16.4 Å². The zero-order chi connectivity index (χ0) is 20.6. The van der Waals surface area contributed by atoms with Crippen molar-refractivity contribution >= 4 is 17.5 Å². The Bertz CT molecular complexity index is 1050. The normalized spacial score (nSPS) is 13.9. The zero-order valence-corrected chi connectivity index (χ0v) is 17.8. The molecule has 1 heterocycles. The molecular formula is C25H25ClN2O. The number of amides is 1. The molecule has 0 saturated heterocycles. The van der Waals surface area contributed by atoms with E-state index < -0.39 is 0 Å². The molecule has 4 rings (SSSR count). The molecule has 1 aromatic heterocycles. The summed E-state index contributed by atoms with van der Waals surface area (Å²) >= 11 is 6.06. The van der Waals surface area contributed by atoms with E-state index in [9.17, 15) is 4.79 Å². The Balaban J connectivity index is 1.78. The molecule has 0 atom stereocenters. The number of rotatable bonds is 5. The molecule has 1 amide bonds. The number of nitrogens with one attached hydrogen (secondary N) is 1. The van der Waals surface area contributed by atoms with E-state index in [0.29, 0.717) is 16.5 Å². The van der Waals surface area contributed by atoms with Gasteiger partial charge in [0.05, 0.1) is 0 Å². The molecule has 3 aromatic rings. The van der Waals surface area contributed by atoms with Crippen LogP contribution in [0.15, 0.2) is 60.8 Å². The van der Waals surface area contributed by atoms with Gasteiger partial charge in [-0.15, -0.1) is 0 Å². The standard InChI is InChI=1S/C25H25ClN2O/c1-16-23(5-4-12-27-16)19-13-18(17-6-10-22(26)11-7-17)14-20(15-19)24(29)28-25(2,3)21-8-9-21/h4-7,10-15,21H,8-9H2,1-3H3,(H,28,29). The van der Waals surface area contributed by atoms with E-state index in [1.165, 1.54) is 12.8 Å². The maximum atomic E-state index is 13.2. The molecule has 3 nitrogen and oxygen atoms in total. The molecule has 1 aliphatic rings. The van der Waals surface area contributed by atoms with Crippen molar-refractivity contribution in [3.05, 3.63) is 77.1 Å². The highest BCUT2D eigenvalue weighted by Crippen LogP contribution is 2.39. The van der Waals surface area contributed by atoms with Crippen molar-refractivity contribution in [1.29, 1.82) is 0 Å². The Hall–Kier alpha value is -2.65. The minimum absolute atomic E-state index is 0.0412. The van der Waals surface area contributed by atoms with Crippen molar-refractivity contribution in [2.45, 2.75) is 39.2 Å². The van der Waals surface area contributed by atoms with Crippen LogP contribution in [0.2, 0.25) is 5.02 Å². The molecule has 4 heteroatoms. The molecule has 0 spiro atoms. The number of carbonyl (C=O) groups is 1. The minimum atomic E-state index is -0.197.